The van der Waals surface area contributed by atoms with Crippen LogP contribution in [0.3, 0.4) is 0 Å². The predicted molar refractivity (Wildman–Crippen MR) is 62.0 cm³/mol. The van der Waals surface area contributed by atoms with Gasteiger partial charge < -0.3 is 10.1 Å². The van der Waals surface area contributed by atoms with Crippen LogP contribution in [-0.4, -0.2) is 13.2 Å². The van der Waals surface area contributed by atoms with E-state index in [1.165, 1.54) is 37.8 Å². The highest BCUT2D eigenvalue weighted by Crippen LogP contribution is 2.22. The molecule has 1 aromatic carbocycles. The summed E-state index contributed by atoms with van der Waals surface area (Å²) < 4.78 is 18.1. The Kier molecular flexibility index (Phi) is 3.78. The summed E-state index contributed by atoms with van der Waals surface area (Å²) in [4.78, 5) is 0. The maximum atomic E-state index is 13.0. The number of benzene rings is 1. The average Bonchev–Trinajstić information content (AvgIpc) is 2.80. The van der Waals surface area contributed by atoms with Crippen molar-refractivity contribution in [3.05, 3.63) is 29.6 Å². The number of hydrogen-bond acceptors (Lipinski definition) is 2. The molecule has 0 amide bonds. The van der Waals surface area contributed by atoms with Crippen molar-refractivity contribution < 1.29 is 9.13 Å². The van der Waals surface area contributed by atoms with E-state index in [0.717, 1.165) is 12.1 Å². The fraction of sp³-hybridized carbons (Fsp3) is 0.538. The Morgan fingerprint density at radius 1 is 1.38 bits per heavy atom. The first-order valence-electron chi connectivity index (χ1n) is 5.85. The minimum absolute atomic E-state index is 0.249. The number of ether oxygens (including phenoxy) is 1. The van der Waals surface area contributed by atoms with Gasteiger partial charge in [0, 0.05) is 24.2 Å². The second-order valence-electron chi connectivity index (χ2n) is 4.32. The van der Waals surface area contributed by atoms with Gasteiger partial charge in [0.15, 0.2) is 0 Å². The van der Waals surface area contributed by atoms with Gasteiger partial charge >= 0.3 is 0 Å². The summed E-state index contributed by atoms with van der Waals surface area (Å²) in [6.07, 6.45) is 5.14. The van der Waals surface area contributed by atoms with Gasteiger partial charge in [0.25, 0.3) is 0 Å². The van der Waals surface area contributed by atoms with Crippen molar-refractivity contribution in [3.8, 4) is 5.75 Å². The van der Waals surface area contributed by atoms with Crippen LogP contribution in [0.25, 0.3) is 0 Å². The maximum Gasteiger partial charge on any atom is 0.126 e. The molecule has 0 heterocycles. The fourth-order valence-corrected chi connectivity index (χ4v) is 2.25. The van der Waals surface area contributed by atoms with Crippen LogP contribution in [0.15, 0.2) is 18.2 Å². The summed E-state index contributed by atoms with van der Waals surface area (Å²) in [5, 5.41) is 3.49. The second kappa shape index (κ2) is 5.30. The van der Waals surface area contributed by atoms with Crippen molar-refractivity contribution in [2.45, 2.75) is 38.3 Å². The Morgan fingerprint density at radius 3 is 2.81 bits per heavy atom. The van der Waals surface area contributed by atoms with Crippen LogP contribution in [0.4, 0.5) is 4.39 Å². The Bertz CT molecular complexity index is 348. The van der Waals surface area contributed by atoms with Crippen LogP contribution in [0.5, 0.6) is 5.75 Å². The molecule has 1 saturated carbocycles. The lowest BCUT2D eigenvalue weighted by Crippen LogP contribution is -2.25. The van der Waals surface area contributed by atoms with E-state index >= 15 is 0 Å². The number of rotatable bonds is 4. The molecule has 88 valence electrons. The molecule has 1 aromatic rings. The molecule has 0 radical (unpaired) electrons. The van der Waals surface area contributed by atoms with Crippen molar-refractivity contribution in [3.63, 3.8) is 0 Å². The summed E-state index contributed by atoms with van der Waals surface area (Å²) in [6, 6.07) is 5.32. The van der Waals surface area contributed by atoms with Gasteiger partial charge in [-0.15, -0.1) is 0 Å². The molecule has 1 aliphatic rings. The molecule has 0 saturated heterocycles. The molecule has 0 atom stereocenters. The molecule has 0 spiro atoms. The van der Waals surface area contributed by atoms with E-state index in [1.807, 2.05) is 0 Å². The van der Waals surface area contributed by atoms with Crippen LogP contribution in [-0.2, 0) is 6.54 Å². The smallest absolute Gasteiger partial charge is 0.126 e. The molecule has 2 rings (SSSR count). The third kappa shape index (κ3) is 2.73. The molecule has 1 aliphatic carbocycles. The standard InChI is InChI=1S/C13H18FNO/c1-16-13-8-11(14)7-6-10(13)9-15-12-4-2-3-5-12/h6-8,12,15H,2-5,9H2,1H3. The number of methoxy groups -OCH3 is 1. The molecule has 2 nitrogen and oxygen atoms in total. The first kappa shape index (κ1) is 11.4. The first-order valence-corrected chi connectivity index (χ1v) is 5.85. The van der Waals surface area contributed by atoms with E-state index < -0.39 is 0 Å². The van der Waals surface area contributed by atoms with Crippen molar-refractivity contribution >= 4 is 0 Å². The van der Waals surface area contributed by atoms with Gasteiger partial charge in [0.1, 0.15) is 11.6 Å². The summed E-state index contributed by atoms with van der Waals surface area (Å²) >= 11 is 0. The van der Waals surface area contributed by atoms with Crippen molar-refractivity contribution in [1.82, 2.24) is 5.32 Å². The zero-order valence-corrected chi connectivity index (χ0v) is 9.63. The molecule has 16 heavy (non-hydrogen) atoms. The lowest BCUT2D eigenvalue weighted by molar-refractivity contribution is 0.401. The van der Waals surface area contributed by atoms with Crippen LogP contribution in [0.2, 0.25) is 0 Å². The van der Waals surface area contributed by atoms with E-state index in [1.54, 1.807) is 13.2 Å². The highest BCUT2D eigenvalue weighted by atomic mass is 19.1. The lowest BCUT2D eigenvalue weighted by Gasteiger charge is -2.14. The minimum atomic E-state index is -0.249. The van der Waals surface area contributed by atoms with Gasteiger partial charge in [-0.05, 0) is 18.9 Å². The summed E-state index contributed by atoms with van der Waals surface area (Å²) in [7, 11) is 1.58. The van der Waals surface area contributed by atoms with Gasteiger partial charge in [-0.25, -0.2) is 4.39 Å². The van der Waals surface area contributed by atoms with Crippen LogP contribution < -0.4 is 10.1 Å². The third-order valence-corrected chi connectivity index (χ3v) is 3.19. The second-order valence-corrected chi connectivity index (χ2v) is 4.32. The molecule has 3 heteroatoms. The number of nitrogens with one attached hydrogen (secondary N) is 1. The molecule has 0 aliphatic heterocycles. The average molecular weight is 223 g/mol. The predicted octanol–water partition coefficient (Wildman–Crippen LogP) is 2.87. The quantitative estimate of drug-likeness (QED) is 0.847. The van der Waals surface area contributed by atoms with Crippen LogP contribution >= 0.6 is 0 Å². The summed E-state index contributed by atoms with van der Waals surface area (Å²) in [5.41, 5.74) is 1.02. The summed E-state index contributed by atoms with van der Waals surface area (Å²) in [5.74, 6) is 0.381. The van der Waals surface area contributed by atoms with E-state index in [2.05, 4.69) is 5.32 Å². The van der Waals surface area contributed by atoms with Crippen LogP contribution in [0.1, 0.15) is 31.2 Å². The lowest BCUT2D eigenvalue weighted by atomic mass is 10.1. The fourth-order valence-electron chi connectivity index (χ4n) is 2.25. The molecule has 1 N–H and O–H groups in total. The van der Waals surface area contributed by atoms with Gasteiger partial charge in [-0.1, -0.05) is 18.9 Å². The Labute approximate surface area is 95.8 Å². The minimum Gasteiger partial charge on any atom is -0.496 e. The van der Waals surface area contributed by atoms with Gasteiger partial charge in [-0.2, -0.15) is 0 Å². The highest BCUT2D eigenvalue weighted by Gasteiger charge is 2.14. The normalized spacial score (nSPS) is 16.6. The summed E-state index contributed by atoms with van der Waals surface area (Å²) in [6.45, 7) is 0.758. The van der Waals surface area contributed by atoms with Crippen molar-refractivity contribution in [1.29, 1.82) is 0 Å². The number of halogens is 1. The van der Waals surface area contributed by atoms with Gasteiger partial charge in [0.05, 0.1) is 7.11 Å². The molecular formula is C13H18FNO. The number of hydrogen-bond donors (Lipinski definition) is 1. The third-order valence-electron chi connectivity index (χ3n) is 3.19. The molecule has 0 aromatic heterocycles. The molecule has 1 fully saturated rings. The van der Waals surface area contributed by atoms with Crippen molar-refractivity contribution in [2.75, 3.05) is 7.11 Å². The van der Waals surface area contributed by atoms with Crippen molar-refractivity contribution in [2.24, 2.45) is 0 Å². The molecule has 0 bridgehead atoms. The SMILES string of the molecule is COc1cc(F)ccc1CNC1CCCC1. The molecule has 0 unspecified atom stereocenters. The highest BCUT2D eigenvalue weighted by molar-refractivity contribution is 5.33. The zero-order valence-electron chi connectivity index (χ0n) is 9.63. The van der Waals surface area contributed by atoms with E-state index in [-0.39, 0.29) is 5.82 Å². The van der Waals surface area contributed by atoms with Crippen LogP contribution in [0, 0.1) is 5.82 Å². The Morgan fingerprint density at radius 2 is 2.12 bits per heavy atom. The molecular weight excluding hydrogens is 205 g/mol. The monoisotopic (exact) mass is 223 g/mol. The topological polar surface area (TPSA) is 21.3 Å². The van der Waals surface area contributed by atoms with E-state index in [4.69, 9.17) is 4.74 Å². The largest absolute Gasteiger partial charge is 0.496 e. The van der Waals surface area contributed by atoms with Gasteiger partial charge in [-0.3, -0.25) is 0 Å². The Hall–Kier alpha value is -1.09. The van der Waals surface area contributed by atoms with E-state index in [9.17, 15) is 4.39 Å². The maximum absolute atomic E-state index is 13.0. The van der Waals surface area contributed by atoms with Gasteiger partial charge in [0.2, 0.25) is 0 Å². The first-order chi connectivity index (χ1) is 7.79. The van der Waals surface area contributed by atoms with E-state index in [0.29, 0.717) is 11.8 Å². The zero-order chi connectivity index (χ0) is 11.4. The Balaban J connectivity index is 1.97.